The molecule has 0 aliphatic rings. The summed E-state index contributed by atoms with van der Waals surface area (Å²) in [5.41, 5.74) is 1.23. The fraction of sp³-hybridized carbons (Fsp3) is 0.300. The molecule has 148 valence electrons. The van der Waals surface area contributed by atoms with Crippen molar-refractivity contribution in [3.63, 3.8) is 0 Å². The van der Waals surface area contributed by atoms with Crippen molar-refractivity contribution in [3.8, 4) is 0 Å². The topological polar surface area (TPSA) is 93.0 Å². The van der Waals surface area contributed by atoms with E-state index < -0.39 is 17.5 Å². The third-order valence-corrected chi connectivity index (χ3v) is 4.48. The van der Waals surface area contributed by atoms with E-state index in [4.69, 9.17) is 4.74 Å². The number of hydrogen-bond acceptors (Lipinski definition) is 6. The van der Waals surface area contributed by atoms with E-state index in [0.29, 0.717) is 5.69 Å². The predicted octanol–water partition coefficient (Wildman–Crippen LogP) is 3.04. The Kier molecular flexibility index (Phi) is 6.70. The second kappa shape index (κ2) is 8.98. The first-order valence-corrected chi connectivity index (χ1v) is 8.66. The van der Waals surface area contributed by atoms with Gasteiger partial charge in [0.05, 0.1) is 22.2 Å². The number of ether oxygens (including phenoxy) is 1. The van der Waals surface area contributed by atoms with E-state index in [9.17, 15) is 19.7 Å². The molecule has 0 saturated carbocycles. The number of rotatable bonds is 7. The lowest BCUT2D eigenvalue weighted by Gasteiger charge is -2.25. The molecule has 0 unspecified atom stereocenters. The molecule has 8 nitrogen and oxygen atoms in total. The number of nitrogens with zero attached hydrogens (tertiary/aromatic N) is 3. The molecule has 0 saturated heterocycles. The first-order valence-electron chi connectivity index (χ1n) is 8.66. The Hall–Kier alpha value is -3.42. The van der Waals surface area contributed by atoms with Gasteiger partial charge in [0.25, 0.3) is 11.6 Å². The van der Waals surface area contributed by atoms with Crippen LogP contribution in [0.15, 0.2) is 48.5 Å². The average Bonchev–Trinajstić information content (AvgIpc) is 2.70. The zero-order chi connectivity index (χ0) is 20.8. The van der Waals surface area contributed by atoms with Crippen molar-refractivity contribution in [2.24, 2.45) is 0 Å². The second-order valence-electron chi connectivity index (χ2n) is 6.52. The maximum absolute atomic E-state index is 12.5. The molecule has 0 aliphatic carbocycles. The summed E-state index contributed by atoms with van der Waals surface area (Å²) in [6.45, 7) is 1.42. The van der Waals surface area contributed by atoms with E-state index in [1.165, 1.54) is 17.0 Å². The SMILES string of the molecule is C[C@H](c1ccccc1)N(C)C(=O)COC(=O)c1cc([N+](=O)[O-])ccc1N(C)C. The van der Waals surface area contributed by atoms with Crippen LogP contribution >= 0.6 is 0 Å². The first-order chi connectivity index (χ1) is 13.2. The molecule has 0 spiro atoms. The van der Waals surface area contributed by atoms with Crippen molar-refractivity contribution in [1.82, 2.24) is 4.90 Å². The molecule has 0 heterocycles. The molecular weight excluding hydrogens is 362 g/mol. The Balaban J connectivity index is 2.10. The van der Waals surface area contributed by atoms with Gasteiger partial charge in [0, 0.05) is 33.3 Å². The monoisotopic (exact) mass is 385 g/mol. The van der Waals surface area contributed by atoms with Gasteiger partial charge >= 0.3 is 5.97 Å². The van der Waals surface area contributed by atoms with E-state index in [1.54, 1.807) is 26.0 Å². The third kappa shape index (κ3) is 4.85. The highest BCUT2D eigenvalue weighted by Crippen LogP contribution is 2.25. The molecule has 0 radical (unpaired) electrons. The maximum Gasteiger partial charge on any atom is 0.341 e. The van der Waals surface area contributed by atoms with Crippen LogP contribution in [0.25, 0.3) is 0 Å². The number of non-ortho nitro benzene ring substituents is 1. The van der Waals surface area contributed by atoms with E-state index in [1.807, 2.05) is 37.3 Å². The summed E-state index contributed by atoms with van der Waals surface area (Å²) in [4.78, 5) is 38.4. The Morgan fingerprint density at radius 1 is 1.11 bits per heavy atom. The van der Waals surface area contributed by atoms with Crippen LogP contribution in [0.4, 0.5) is 11.4 Å². The summed E-state index contributed by atoms with van der Waals surface area (Å²) in [7, 11) is 5.04. The quantitative estimate of drug-likeness (QED) is 0.413. The van der Waals surface area contributed by atoms with Crippen molar-refractivity contribution in [1.29, 1.82) is 0 Å². The molecule has 8 heteroatoms. The van der Waals surface area contributed by atoms with Gasteiger partial charge in [-0.2, -0.15) is 0 Å². The number of anilines is 1. The Labute approximate surface area is 163 Å². The fourth-order valence-electron chi connectivity index (χ4n) is 2.67. The summed E-state index contributed by atoms with van der Waals surface area (Å²) in [5.74, 6) is -1.16. The van der Waals surface area contributed by atoms with Crippen LogP contribution in [0, 0.1) is 10.1 Å². The summed E-state index contributed by atoms with van der Waals surface area (Å²) >= 11 is 0. The summed E-state index contributed by atoms with van der Waals surface area (Å²) < 4.78 is 5.14. The van der Waals surface area contributed by atoms with Crippen molar-refractivity contribution >= 4 is 23.3 Å². The Morgan fingerprint density at radius 3 is 2.32 bits per heavy atom. The van der Waals surface area contributed by atoms with Gasteiger partial charge in [0.15, 0.2) is 6.61 Å². The summed E-state index contributed by atoms with van der Waals surface area (Å²) in [6.07, 6.45) is 0. The largest absolute Gasteiger partial charge is 0.452 e. The van der Waals surface area contributed by atoms with Crippen molar-refractivity contribution in [3.05, 3.63) is 69.8 Å². The highest BCUT2D eigenvalue weighted by molar-refractivity contribution is 5.97. The van der Waals surface area contributed by atoms with Crippen LogP contribution in [0.1, 0.15) is 28.9 Å². The molecule has 0 aromatic heterocycles. The van der Waals surface area contributed by atoms with Crippen LogP contribution in [0.3, 0.4) is 0 Å². The molecule has 2 aromatic carbocycles. The summed E-state index contributed by atoms with van der Waals surface area (Å²) in [6, 6.07) is 13.2. The number of nitro groups is 1. The minimum Gasteiger partial charge on any atom is -0.452 e. The van der Waals surface area contributed by atoms with Gasteiger partial charge in [-0.15, -0.1) is 0 Å². The zero-order valence-electron chi connectivity index (χ0n) is 16.3. The number of carbonyl (C=O) groups is 2. The molecule has 0 fully saturated rings. The predicted molar refractivity (Wildman–Crippen MR) is 105 cm³/mol. The number of esters is 1. The Bertz CT molecular complexity index is 867. The lowest BCUT2D eigenvalue weighted by Crippen LogP contribution is -2.33. The maximum atomic E-state index is 12.5. The smallest absolute Gasteiger partial charge is 0.341 e. The van der Waals surface area contributed by atoms with Crippen molar-refractivity contribution in [2.75, 3.05) is 32.6 Å². The highest BCUT2D eigenvalue weighted by atomic mass is 16.6. The lowest BCUT2D eigenvalue weighted by atomic mass is 10.1. The fourth-order valence-corrected chi connectivity index (χ4v) is 2.67. The van der Waals surface area contributed by atoms with Gasteiger partial charge in [-0.3, -0.25) is 14.9 Å². The highest BCUT2D eigenvalue weighted by Gasteiger charge is 2.22. The molecular formula is C20H23N3O5. The number of hydrogen-bond donors (Lipinski definition) is 0. The first kappa shape index (κ1) is 20.9. The zero-order valence-corrected chi connectivity index (χ0v) is 16.3. The van der Waals surface area contributed by atoms with Gasteiger partial charge in [0.2, 0.25) is 0 Å². The average molecular weight is 385 g/mol. The van der Waals surface area contributed by atoms with E-state index in [2.05, 4.69) is 0 Å². The lowest BCUT2D eigenvalue weighted by molar-refractivity contribution is -0.384. The van der Waals surface area contributed by atoms with Gasteiger partial charge in [-0.1, -0.05) is 30.3 Å². The molecule has 0 bridgehead atoms. The van der Waals surface area contributed by atoms with Gasteiger partial charge < -0.3 is 14.5 Å². The van der Waals surface area contributed by atoms with Crippen LogP contribution in [0.2, 0.25) is 0 Å². The molecule has 1 atom stereocenters. The molecule has 1 amide bonds. The Morgan fingerprint density at radius 2 is 1.75 bits per heavy atom. The van der Waals surface area contributed by atoms with Crippen LogP contribution in [-0.4, -0.2) is 49.4 Å². The minimum absolute atomic E-state index is 0.0331. The molecule has 0 aliphatic heterocycles. The van der Waals surface area contributed by atoms with Crippen molar-refractivity contribution < 1.29 is 19.2 Å². The normalized spacial score (nSPS) is 11.4. The van der Waals surface area contributed by atoms with Gasteiger partial charge in [0.1, 0.15) is 0 Å². The van der Waals surface area contributed by atoms with Crippen LogP contribution < -0.4 is 4.90 Å². The summed E-state index contributed by atoms with van der Waals surface area (Å²) in [5, 5.41) is 11.0. The van der Waals surface area contributed by atoms with E-state index >= 15 is 0 Å². The number of amides is 1. The molecule has 0 N–H and O–H groups in total. The number of carbonyl (C=O) groups excluding carboxylic acids is 2. The van der Waals surface area contributed by atoms with Crippen LogP contribution in [-0.2, 0) is 9.53 Å². The van der Waals surface area contributed by atoms with Crippen molar-refractivity contribution in [2.45, 2.75) is 13.0 Å². The number of nitro benzene ring substituents is 1. The third-order valence-electron chi connectivity index (χ3n) is 4.48. The number of benzene rings is 2. The van der Waals surface area contributed by atoms with E-state index in [-0.39, 0.29) is 23.2 Å². The molecule has 28 heavy (non-hydrogen) atoms. The van der Waals surface area contributed by atoms with E-state index in [0.717, 1.165) is 11.6 Å². The molecule has 2 aromatic rings. The minimum atomic E-state index is -0.790. The number of likely N-dealkylation sites (N-methyl/N-ethyl adjacent to an activating group) is 1. The second-order valence-corrected chi connectivity index (χ2v) is 6.52. The van der Waals surface area contributed by atoms with Gasteiger partial charge in [-0.05, 0) is 18.6 Å². The van der Waals surface area contributed by atoms with Crippen LogP contribution in [0.5, 0.6) is 0 Å². The molecule has 2 rings (SSSR count). The van der Waals surface area contributed by atoms with Gasteiger partial charge in [-0.25, -0.2) is 4.79 Å². The standard InChI is InChI=1S/C20H23N3O5/c1-14(15-8-6-5-7-9-15)22(4)19(24)13-28-20(25)17-12-16(23(26)27)10-11-18(17)21(2)3/h5-12,14H,13H2,1-4H3/t14-/m1/s1.